The molecule has 1 aromatic carbocycles. The van der Waals surface area contributed by atoms with Crippen LogP contribution in [0.4, 0.5) is 5.69 Å². The molecule has 2 fully saturated rings. The van der Waals surface area contributed by atoms with E-state index in [0.717, 1.165) is 18.1 Å². The maximum atomic E-state index is 6.26. The molecule has 3 aliphatic rings. The number of hydrogen-bond acceptors (Lipinski definition) is 2. The summed E-state index contributed by atoms with van der Waals surface area (Å²) >= 11 is 5.97. The molecule has 2 nitrogen and oxygen atoms in total. The fraction of sp³-hybridized carbons (Fsp3) is 0.500. The van der Waals surface area contributed by atoms with E-state index in [-0.39, 0.29) is 11.2 Å². The summed E-state index contributed by atoms with van der Waals surface area (Å²) in [5, 5.41) is 0.798. The first kappa shape index (κ1) is 11.8. The minimum Gasteiger partial charge on any atom is -0.371 e. The van der Waals surface area contributed by atoms with Crippen LogP contribution in [0.5, 0.6) is 0 Å². The summed E-state index contributed by atoms with van der Waals surface area (Å²) in [6.45, 7) is 6.60. The first-order chi connectivity index (χ1) is 9.00. The van der Waals surface area contributed by atoms with Crippen molar-refractivity contribution in [2.75, 3.05) is 18.0 Å². The predicted octanol–water partition coefficient (Wildman–Crippen LogP) is 3.51. The van der Waals surface area contributed by atoms with Gasteiger partial charge in [-0.15, -0.1) is 0 Å². The van der Waals surface area contributed by atoms with Gasteiger partial charge < -0.3 is 9.64 Å². The standard InChI is InChI=1S/C16H18ClNO/c1-15-7-8-16(2,19-15)14-10-18(9-13(14)15)12-5-3-11(17)4-6-12/h3-8,13-14H,9-10H2,1-2H3. The van der Waals surface area contributed by atoms with Gasteiger partial charge in [-0.1, -0.05) is 23.8 Å². The van der Waals surface area contributed by atoms with Crippen LogP contribution in [0.1, 0.15) is 13.8 Å². The molecule has 0 aliphatic carbocycles. The van der Waals surface area contributed by atoms with Crippen molar-refractivity contribution >= 4 is 17.3 Å². The SMILES string of the molecule is CC12C=CC(C)(O1)C1CN(c3ccc(Cl)cc3)CC12. The van der Waals surface area contributed by atoms with Crippen LogP contribution in [0.15, 0.2) is 36.4 Å². The summed E-state index contributed by atoms with van der Waals surface area (Å²) in [5.41, 5.74) is 1.13. The Morgan fingerprint density at radius 1 is 1.05 bits per heavy atom. The van der Waals surface area contributed by atoms with Crippen molar-refractivity contribution in [3.63, 3.8) is 0 Å². The summed E-state index contributed by atoms with van der Waals surface area (Å²) in [7, 11) is 0. The Balaban J connectivity index is 1.64. The fourth-order valence-corrected chi connectivity index (χ4v) is 4.23. The topological polar surface area (TPSA) is 12.5 Å². The van der Waals surface area contributed by atoms with Crippen LogP contribution in [0, 0.1) is 11.8 Å². The van der Waals surface area contributed by atoms with Crippen LogP contribution >= 0.6 is 11.6 Å². The van der Waals surface area contributed by atoms with Gasteiger partial charge in [0.25, 0.3) is 0 Å². The van der Waals surface area contributed by atoms with E-state index in [1.165, 1.54) is 5.69 Å². The number of halogens is 1. The number of fused-ring (bicyclic) bond motifs is 5. The molecule has 4 atom stereocenters. The first-order valence-electron chi connectivity index (χ1n) is 6.91. The van der Waals surface area contributed by atoms with Crippen molar-refractivity contribution in [1.29, 1.82) is 0 Å². The lowest BCUT2D eigenvalue weighted by Crippen LogP contribution is -2.33. The van der Waals surface area contributed by atoms with E-state index in [1.807, 2.05) is 12.1 Å². The lowest BCUT2D eigenvalue weighted by molar-refractivity contribution is -0.0288. The van der Waals surface area contributed by atoms with E-state index < -0.39 is 0 Å². The molecule has 3 aliphatic heterocycles. The van der Waals surface area contributed by atoms with Crippen LogP contribution in [-0.4, -0.2) is 24.3 Å². The van der Waals surface area contributed by atoms with Gasteiger partial charge in [0.1, 0.15) is 0 Å². The summed E-state index contributed by atoms with van der Waals surface area (Å²) in [5.74, 6) is 1.19. The number of rotatable bonds is 1. The second kappa shape index (κ2) is 3.56. The van der Waals surface area contributed by atoms with Crippen LogP contribution in [0.3, 0.4) is 0 Å². The average molecular weight is 276 g/mol. The molecule has 3 heterocycles. The molecule has 0 spiro atoms. The summed E-state index contributed by atoms with van der Waals surface area (Å²) < 4.78 is 6.26. The highest BCUT2D eigenvalue weighted by molar-refractivity contribution is 6.30. The quantitative estimate of drug-likeness (QED) is 0.727. The van der Waals surface area contributed by atoms with Gasteiger partial charge >= 0.3 is 0 Å². The highest BCUT2D eigenvalue weighted by Crippen LogP contribution is 2.56. The number of anilines is 1. The minimum absolute atomic E-state index is 0.0689. The smallest absolute Gasteiger partial charge is 0.0896 e. The predicted molar refractivity (Wildman–Crippen MR) is 77.7 cm³/mol. The van der Waals surface area contributed by atoms with Gasteiger partial charge in [0.2, 0.25) is 0 Å². The summed E-state index contributed by atoms with van der Waals surface area (Å²) in [6.07, 6.45) is 4.53. The Morgan fingerprint density at radius 3 is 2.11 bits per heavy atom. The Bertz CT molecular complexity index is 528. The molecule has 3 heteroatoms. The third-order valence-corrected chi connectivity index (χ3v) is 5.42. The molecule has 0 amide bonds. The normalized spacial score (nSPS) is 43.0. The van der Waals surface area contributed by atoms with Crippen molar-refractivity contribution < 1.29 is 4.74 Å². The Hall–Kier alpha value is -0.990. The number of benzene rings is 1. The monoisotopic (exact) mass is 275 g/mol. The highest BCUT2D eigenvalue weighted by Gasteiger charge is 2.62. The van der Waals surface area contributed by atoms with E-state index in [2.05, 4.69) is 43.0 Å². The molecule has 0 aromatic heterocycles. The Kier molecular flexibility index (Phi) is 2.21. The van der Waals surface area contributed by atoms with Crippen molar-refractivity contribution in [3.8, 4) is 0 Å². The zero-order valence-corrected chi connectivity index (χ0v) is 12.0. The van der Waals surface area contributed by atoms with Gasteiger partial charge in [-0.3, -0.25) is 0 Å². The van der Waals surface area contributed by atoms with Gasteiger partial charge in [-0.2, -0.15) is 0 Å². The van der Waals surface area contributed by atoms with Gasteiger partial charge in [0.15, 0.2) is 0 Å². The lowest BCUT2D eigenvalue weighted by atomic mass is 9.74. The Morgan fingerprint density at radius 2 is 1.58 bits per heavy atom. The van der Waals surface area contributed by atoms with Crippen molar-refractivity contribution in [2.24, 2.45) is 11.8 Å². The van der Waals surface area contributed by atoms with Gasteiger partial charge in [0.05, 0.1) is 11.2 Å². The summed E-state index contributed by atoms with van der Waals surface area (Å²) in [6, 6.07) is 8.17. The van der Waals surface area contributed by atoms with Gasteiger partial charge in [-0.25, -0.2) is 0 Å². The summed E-state index contributed by atoms with van der Waals surface area (Å²) in [4.78, 5) is 2.47. The van der Waals surface area contributed by atoms with Gasteiger partial charge in [-0.05, 0) is 38.1 Å². The van der Waals surface area contributed by atoms with Crippen molar-refractivity contribution in [2.45, 2.75) is 25.0 Å². The maximum absolute atomic E-state index is 6.26. The second-order valence-corrected chi connectivity index (χ2v) is 6.83. The minimum atomic E-state index is -0.0689. The molecule has 0 radical (unpaired) electrons. The van der Waals surface area contributed by atoms with E-state index in [4.69, 9.17) is 16.3 Å². The molecule has 0 N–H and O–H groups in total. The largest absolute Gasteiger partial charge is 0.371 e. The van der Waals surface area contributed by atoms with Crippen LogP contribution < -0.4 is 4.90 Å². The van der Waals surface area contributed by atoms with Crippen molar-refractivity contribution in [1.82, 2.24) is 0 Å². The molecule has 2 bridgehead atoms. The molecule has 1 aromatic rings. The van der Waals surface area contributed by atoms with E-state index >= 15 is 0 Å². The lowest BCUT2D eigenvalue weighted by Gasteiger charge is -2.27. The maximum Gasteiger partial charge on any atom is 0.0896 e. The fourth-order valence-electron chi connectivity index (χ4n) is 4.10. The molecule has 4 rings (SSSR count). The third kappa shape index (κ3) is 1.53. The number of nitrogens with zero attached hydrogens (tertiary/aromatic N) is 1. The van der Waals surface area contributed by atoms with Gasteiger partial charge in [0, 0.05) is 35.6 Å². The number of hydrogen-bond donors (Lipinski definition) is 0. The molecule has 100 valence electrons. The van der Waals surface area contributed by atoms with Crippen LogP contribution in [0.2, 0.25) is 5.02 Å². The highest BCUT2D eigenvalue weighted by atomic mass is 35.5. The molecule has 0 saturated carbocycles. The van der Waals surface area contributed by atoms with E-state index in [0.29, 0.717) is 11.8 Å². The van der Waals surface area contributed by atoms with Crippen LogP contribution in [-0.2, 0) is 4.74 Å². The second-order valence-electron chi connectivity index (χ2n) is 6.40. The van der Waals surface area contributed by atoms with Crippen LogP contribution in [0.25, 0.3) is 0 Å². The average Bonchev–Trinajstić information content (AvgIpc) is 2.99. The molecular weight excluding hydrogens is 258 g/mol. The van der Waals surface area contributed by atoms with E-state index in [9.17, 15) is 0 Å². The van der Waals surface area contributed by atoms with E-state index in [1.54, 1.807) is 0 Å². The molecule has 2 saturated heterocycles. The zero-order valence-electron chi connectivity index (χ0n) is 11.3. The Labute approximate surface area is 119 Å². The number of ether oxygens (including phenoxy) is 1. The first-order valence-corrected chi connectivity index (χ1v) is 7.29. The molecule has 19 heavy (non-hydrogen) atoms. The third-order valence-electron chi connectivity index (χ3n) is 5.17. The molecule has 4 unspecified atom stereocenters. The zero-order chi connectivity index (χ0) is 13.3. The van der Waals surface area contributed by atoms with Crippen molar-refractivity contribution in [3.05, 3.63) is 41.4 Å². The molecular formula is C16H18ClNO.